The standard InChI is InChI=1S/C18H34N2O4/c1-13(19-12-18(5)22-10-11-23-18)14-6-8-15(9-7-14)20-16(21)24-17(2,3)4/h13-15,19H,6-12H2,1-5H3,(H,20,21). The van der Waals surface area contributed by atoms with Gasteiger partial charge < -0.3 is 24.8 Å². The van der Waals surface area contributed by atoms with Gasteiger partial charge in [-0.15, -0.1) is 0 Å². The van der Waals surface area contributed by atoms with Gasteiger partial charge in [0, 0.05) is 18.6 Å². The number of nitrogens with one attached hydrogen (secondary N) is 2. The highest BCUT2D eigenvalue weighted by molar-refractivity contribution is 5.68. The third kappa shape index (κ3) is 6.22. The second kappa shape index (κ2) is 8.02. The quantitative estimate of drug-likeness (QED) is 0.804. The molecule has 0 spiro atoms. The Balaban J connectivity index is 1.67. The van der Waals surface area contributed by atoms with Crippen molar-refractivity contribution < 1.29 is 19.0 Å². The van der Waals surface area contributed by atoms with Gasteiger partial charge in [0.1, 0.15) is 5.60 Å². The lowest BCUT2D eigenvalue weighted by atomic mass is 9.82. The highest BCUT2D eigenvalue weighted by Gasteiger charge is 2.33. The molecule has 0 aromatic heterocycles. The first kappa shape index (κ1) is 19.5. The van der Waals surface area contributed by atoms with E-state index in [2.05, 4.69) is 17.6 Å². The summed E-state index contributed by atoms with van der Waals surface area (Å²) in [6, 6.07) is 0.638. The van der Waals surface area contributed by atoms with Crippen molar-refractivity contribution in [3.05, 3.63) is 0 Å². The van der Waals surface area contributed by atoms with Crippen LogP contribution < -0.4 is 10.6 Å². The van der Waals surface area contributed by atoms with Crippen LogP contribution in [0.4, 0.5) is 4.79 Å². The Kier molecular flexibility index (Phi) is 6.51. The van der Waals surface area contributed by atoms with E-state index < -0.39 is 11.4 Å². The summed E-state index contributed by atoms with van der Waals surface area (Å²) < 4.78 is 16.6. The fraction of sp³-hybridized carbons (Fsp3) is 0.944. The predicted octanol–water partition coefficient (Wildman–Crippen LogP) is 2.81. The van der Waals surface area contributed by atoms with Crippen molar-refractivity contribution in [1.29, 1.82) is 0 Å². The molecule has 0 radical (unpaired) electrons. The molecule has 24 heavy (non-hydrogen) atoms. The molecule has 140 valence electrons. The molecule has 2 N–H and O–H groups in total. The fourth-order valence-electron chi connectivity index (χ4n) is 3.41. The van der Waals surface area contributed by atoms with Crippen LogP contribution in [0.1, 0.15) is 60.3 Å². The van der Waals surface area contributed by atoms with Crippen LogP contribution in [0.15, 0.2) is 0 Å². The molecule has 1 heterocycles. The largest absolute Gasteiger partial charge is 0.444 e. The van der Waals surface area contributed by atoms with Gasteiger partial charge in [0.2, 0.25) is 0 Å². The number of carbonyl (C=O) groups is 1. The zero-order valence-corrected chi connectivity index (χ0v) is 15.8. The molecule has 1 aliphatic heterocycles. The van der Waals surface area contributed by atoms with Crippen molar-refractivity contribution in [1.82, 2.24) is 10.6 Å². The van der Waals surface area contributed by atoms with Crippen LogP contribution in [0.5, 0.6) is 0 Å². The topological polar surface area (TPSA) is 68.8 Å². The van der Waals surface area contributed by atoms with Crippen LogP contribution >= 0.6 is 0 Å². The number of hydrogen-bond acceptors (Lipinski definition) is 5. The van der Waals surface area contributed by atoms with Gasteiger partial charge in [0.25, 0.3) is 0 Å². The van der Waals surface area contributed by atoms with Crippen LogP contribution in [0.3, 0.4) is 0 Å². The number of alkyl carbamates (subject to hydrolysis) is 1. The highest BCUT2D eigenvalue weighted by atomic mass is 16.7. The molecule has 1 unspecified atom stereocenters. The lowest BCUT2D eigenvalue weighted by Gasteiger charge is -2.34. The molecular formula is C18H34N2O4. The fourth-order valence-corrected chi connectivity index (χ4v) is 3.41. The van der Waals surface area contributed by atoms with Crippen molar-refractivity contribution in [3.8, 4) is 0 Å². The summed E-state index contributed by atoms with van der Waals surface area (Å²) in [4.78, 5) is 11.9. The molecule has 2 fully saturated rings. The summed E-state index contributed by atoms with van der Waals surface area (Å²) in [7, 11) is 0. The van der Waals surface area contributed by atoms with E-state index in [1.165, 1.54) is 0 Å². The first-order valence-electron chi connectivity index (χ1n) is 9.18. The van der Waals surface area contributed by atoms with Gasteiger partial charge in [0.15, 0.2) is 5.79 Å². The zero-order chi connectivity index (χ0) is 17.8. The summed E-state index contributed by atoms with van der Waals surface area (Å²) in [5.74, 6) is 0.135. The molecule has 1 saturated carbocycles. The molecule has 1 amide bonds. The zero-order valence-electron chi connectivity index (χ0n) is 15.8. The molecule has 1 aliphatic carbocycles. The highest BCUT2D eigenvalue weighted by Crippen LogP contribution is 2.28. The lowest BCUT2D eigenvalue weighted by molar-refractivity contribution is -0.139. The Bertz CT molecular complexity index is 408. The van der Waals surface area contributed by atoms with E-state index in [9.17, 15) is 4.79 Å². The van der Waals surface area contributed by atoms with Crippen LogP contribution in [-0.2, 0) is 14.2 Å². The molecule has 6 heteroatoms. The number of carbonyl (C=O) groups excluding carboxylic acids is 1. The summed E-state index contributed by atoms with van der Waals surface area (Å²) in [5.41, 5.74) is -0.444. The maximum atomic E-state index is 11.9. The Morgan fingerprint density at radius 1 is 1.21 bits per heavy atom. The first-order valence-corrected chi connectivity index (χ1v) is 9.18. The number of hydrogen-bond donors (Lipinski definition) is 2. The second-order valence-electron chi connectivity index (χ2n) is 8.26. The van der Waals surface area contributed by atoms with E-state index in [1.807, 2.05) is 27.7 Å². The molecule has 1 atom stereocenters. The van der Waals surface area contributed by atoms with Gasteiger partial charge in [-0.05, 0) is 66.2 Å². The summed E-state index contributed by atoms with van der Waals surface area (Å²) in [6.45, 7) is 11.9. The van der Waals surface area contributed by atoms with Gasteiger partial charge in [-0.3, -0.25) is 0 Å². The van der Waals surface area contributed by atoms with Crippen molar-refractivity contribution in [2.75, 3.05) is 19.8 Å². The van der Waals surface area contributed by atoms with Crippen LogP contribution in [-0.4, -0.2) is 49.3 Å². The molecular weight excluding hydrogens is 308 g/mol. The minimum Gasteiger partial charge on any atom is -0.444 e. The molecule has 0 bridgehead atoms. The minimum atomic E-state index is -0.482. The minimum absolute atomic E-state index is 0.224. The smallest absolute Gasteiger partial charge is 0.407 e. The molecule has 0 aromatic carbocycles. The molecule has 2 rings (SSSR count). The third-order valence-electron chi connectivity index (χ3n) is 4.84. The van der Waals surface area contributed by atoms with Crippen molar-refractivity contribution in [2.45, 2.75) is 83.8 Å². The first-order chi connectivity index (χ1) is 11.2. The third-order valence-corrected chi connectivity index (χ3v) is 4.84. The monoisotopic (exact) mass is 342 g/mol. The van der Waals surface area contributed by atoms with Gasteiger partial charge in [0.05, 0.1) is 13.2 Å². The summed E-state index contributed by atoms with van der Waals surface area (Å²) >= 11 is 0. The van der Waals surface area contributed by atoms with E-state index in [0.717, 1.165) is 25.7 Å². The molecule has 0 aromatic rings. The predicted molar refractivity (Wildman–Crippen MR) is 92.9 cm³/mol. The second-order valence-corrected chi connectivity index (χ2v) is 8.26. The van der Waals surface area contributed by atoms with Crippen molar-refractivity contribution in [2.24, 2.45) is 5.92 Å². The van der Waals surface area contributed by atoms with Crippen molar-refractivity contribution in [3.63, 3.8) is 0 Å². The summed E-state index contributed by atoms with van der Waals surface area (Å²) in [5, 5.41) is 6.56. The maximum Gasteiger partial charge on any atom is 0.407 e. The van der Waals surface area contributed by atoms with E-state index in [4.69, 9.17) is 14.2 Å². The van der Waals surface area contributed by atoms with E-state index in [0.29, 0.717) is 31.7 Å². The molecule has 6 nitrogen and oxygen atoms in total. The Labute approximate surface area is 146 Å². The Morgan fingerprint density at radius 2 is 1.79 bits per heavy atom. The van der Waals surface area contributed by atoms with Crippen LogP contribution in [0.25, 0.3) is 0 Å². The normalized spacial score (nSPS) is 28.4. The van der Waals surface area contributed by atoms with Crippen molar-refractivity contribution >= 4 is 6.09 Å². The average Bonchev–Trinajstić information content (AvgIpc) is 2.91. The van der Waals surface area contributed by atoms with E-state index in [-0.39, 0.29) is 12.1 Å². The molecule has 1 saturated heterocycles. The SMILES string of the molecule is CC(NCC1(C)OCCO1)C1CCC(NC(=O)OC(C)(C)C)CC1. The summed E-state index contributed by atoms with van der Waals surface area (Å²) in [6.07, 6.45) is 3.90. The van der Waals surface area contributed by atoms with Gasteiger partial charge >= 0.3 is 6.09 Å². The van der Waals surface area contributed by atoms with Crippen LogP contribution in [0, 0.1) is 5.92 Å². The number of rotatable bonds is 5. The average molecular weight is 342 g/mol. The van der Waals surface area contributed by atoms with E-state index >= 15 is 0 Å². The Morgan fingerprint density at radius 3 is 2.33 bits per heavy atom. The number of ether oxygens (including phenoxy) is 3. The Hall–Kier alpha value is -0.850. The van der Waals surface area contributed by atoms with Crippen LogP contribution in [0.2, 0.25) is 0 Å². The number of amides is 1. The van der Waals surface area contributed by atoms with Gasteiger partial charge in [-0.1, -0.05) is 0 Å². The van der Waals surface area contributed by atoms with Gasteiger partial charge in [-0.2, -0.15) is 0 Å². The van der Waals surface area contributed by atoms with Gasteiger partial charge in [-0.25, -0.2) is 4.79 Å². The van der Waals surface area contributed by atoms with E-state index in [1.54, 1.807) is 0 Å². The maximum absolute atomic E-state index is 11.9. The lowest BCUT2D eigenvalue weighted by Crippen LogP contribution is -2.47. The molecule has 2 aliphatic rings.